The van der Waals surface area contributed by atoms with E-state index >= 15 is 0 Å². The second-order valence-corrected chi connectivity index (χ2v) is 4.46. The zero-order valence-corrected chi connectivity index (χ0v) is 9.46. The Morgan fingerprint density at radius 1 is 1.24 bits per heavy atom. The second-order valence-electron chi connectivity index (χ2n) is 4.46. The first-order valence-electron chi connectivity index (χ1n) is 5.94. The Balaban J connectivity index is 1.70. The van der Waals surface area contributed by atoms with E-state index in [0.717, 1.165) is 12.0 Å². The summed E-state index contributed by atoms with van der Waals surface area (Å²) in [7, 11) is 0. The molecule has 2 aliphatic rings. The molecule has 0 radical (unpaired) electrons. The summed E-state index contributed by atoms with van der Waals surface area (Å²) < 4.78 is 11.5. The van der Waals surface area contributed by atoms with Gasteiger partial charge in [0.2, 0.25) is 5.91 Å². The van der Waals surface area contributed by atoms with Crippen LogP contribution in [-0.4, -0.2) is 24.7 Å². The summed E-state index contributed by atoms with van der Waals surface area (Å²) >= 11 is 0. The summed E-state index contributed by atoms with van der Waals surface area (Å²) in [5.74, 6) is 0.0941. The van der Waals surface area contributed by atoms with Crippen molar-refractivity contribution >= 4 is 5.91 Å². The van der Waals surface area contributed by atoms with Crippen molar-refractivity contribution in [2.75, 3.05) is 6.61 Å². The quantitative estimate of drug-likeness (QED) is 0.797. The highest BCUT2D eigenvalue weighted by Crippen LogP contribution is 2.29. The summed E-state index contributed by atoms with van der Waals surface area (Å²) in [5, 5.41) is 2.90. The topological polar surface area (TPSA) is 47.6 Å². The molecule has 0 saturated carbocycles. The molecule has 0 bridgehead atoms. The van der Waals surface area contributed by atoms with Crippen LogP contribution < -0.4 is 5.32 Å². The van der Waals surface area contributed by atoms with Gasteiger partial charge in [-0.1, -0.05) is 30.3 Å². The summed E-state index contributed by atoms with van der Waals surface area (Å²) in [6, 6.07) is 9.90. The Hall–Kier alpha value is -1.39. The molecule has 1 aromatic carbocycles. The molecule has 0 unspecified atom stereocenters. The number of amides is 1. The molecule has 4 nitrogen and oxygen atoms in total. The van der Waals surface area contributed by atoms with E-state index in [1.807, 2.05) is 30.3 Å². The standard InChI is InChI=1S/C13H15NO3/c15-12-7-6-11-10(14-12)8-16-13(17-11)9-4-2-1-3-5-9/h1-5,10-11,13H,6-8H2,(H,14,15)/t10-,11-,13-/m0/s1. The first-order chi connectivity index (χ1) is 8.33. The number of benzene rings is 1. The molecule has 1 N–H and O–H groups in total. The largest absolute Gasteiger partial charge is 0.348 e. The van der Waals surface area contributed by atoms with E-state index in [1.165, 1.54) is 0 Å². The van der Waals surface area contributed by atoms with Gasteiger partial charge in [-0.05, 0) is 6.42 Å². The number of fused-ring (bicyclic) bond motifs is 1. The van der Waals surface area contributed by atoms with Crippen LogP contribution in [0.5, 0.6) is 0 Å². The van der Waals surface area contributed by atoms with Crippen LogP contribution in [0, 0.1) is 0 Å². The lowest BCUT2D eigenvalue weighted by molar-refractivity contribution is -0.234. The van der Waals surface area contributed by atoms with Crippen LogP contribution in [0.15, 0.2) is 30.3 Å². The number of nitrogens with one attached hydrogen (secondary N) is 1. The van der Waals surface area contributed by atoms with E-state index in [0.29, 0.717) is 13.0 Å². The van der Waals surface area contributed by atoms with Gasteiger partial charge in [0.05, 0.1) is 18.8 Å². The third-order valence-electron chi connectivity index (χ3n) is 3.25. The third-order valence-corrected chi connectivity index (χ3v) is 3.25. The smallest absolute Gasteiger partial charge is 0.220 e. The SMILES string of the molecule is O=C1CC[C@@H]2O[C@@H](c3ccccc3)OC[C@@H]2N1. The fourth-order valence-electron chi connectivity index (χ4n) is 2.33. The van der Waals surface area contributed by atoms with Gasteiger partial charge in [-0.2, -0.15) is 0 Å². The average molecular weight is 233 g/mol. The molecule has 3 atom stereocenters. The fourth-order valence-corrected chi connectivity index (χ4v) is 2.33. The second kappa shape index (κ2) is 4.47. The van der Waals surface area contributed by atoms with Gasteiger partial charge in [-0.3, -0.25) is 4.79 Å². The lowest BCUT2D eigenvalue weighted by atomic mass is 10.00. The van der Waals surface area contributed by atoms with Crippen molar-refractivity contribution in [1.29, 1.82) is 0 Å². The van der Waals surface area contributed by atoms with Crippen molar-refractivity contribution in [3.05, 3.63) is 35.9 Å². The molecule has 2 fully saturated rings. The molecule has 0 spiro atoms. The summed E-state index contributed by atoms with van der Waals surface area (Å²) in [5.41, 5.74) is 1.03. The van der Waals surface area contributed by atoms with E-state index < -0.39 is 0 Å². The van der Waals surface area contributed by atoms with Crippen LogP contribution in [-0.2, 0) is 14.3 Å². The maximum atomic E-state index is 11.2. The van der Waals surface area contributed by atoms with E-state index in [4.69, 9.17) is 9.47 Å². The molecule has 1 amide bonds. The fraction of sp³-hybridized carbons (Fsp3) is 0.462. The van der Waals surface area contributed by atoms with Crippen LogP contribution in [0.3, 0.4) is 0 Å². The molecular formula is C13H15NO3. The minimum atomic E-state index is -0.299. The van der Waals surface area contributed by atoms with Gasteiger partial charge in [0.1, 0.15) is 0 Å². The normalized spacial score (nSPS) is 32.7. The Morgan fingerprint density at radius 2 is 2.06 bits per heavy atom. The highest BCUT2D eigenvalue weighted by atomic mass is 16.7. The van der Waals surface area contributed by atoms with Crippen molar-refractivity contribution < 1.29 is 14.3 Å². The van der Waals surface area contributed by atoms with Crippen LogP contribution >= 0.6 is 0 Å². The number of carbonyl (C=O) groups is 1. The number of piperidine rings is 1. The van der Waals surface area contributed by atoms with E-state index in [9.17, 15) is 4.79 Å². The highest BCUT2D eigenvalue weighted by Gasteiger charge is 2.36. The van der Waals surface area contributed by atoms with Gasteiger partial charge < -0.3 is 14.8 Å². The number of carbonyl (C=O) groups excluding carboxylic acids is 1. The van der Waals surface area contributed by atoms with Gasteiger partial charge in [0.25, 0.3) is 0 Å². The van der Waals surface area contributed by atoms with Crippen LogP contribution in [0.25, 0.3) is 0 Å². The molecule has 2 saturated heterocycles. The molecule has 2 aliphatic heterocycles. The Labute approximate surface area is 99.9 Å². The number of rotatable bonds is 1. The summed E-state index contributed by atoms with van der Waals surface area (Å²) in [6.07, 6.45) is 1.10. The van der Waals surface area contributed by atoms with Gasteiger partial charge in [-0.15, -0.1) is 0 Å². The van der Waals surface area contributed by atoms with Gasteiger partial charge in [0, 0.05) is 12.0 Å². The average Bonchev–Trinajstić information content (AvgIpc) is 2.39. The number of hydrogen-bond acceptors (Lipinski definition) is 3. The molecule has 0 aliphatic carbocycles. The maximum absolute atomic E-state index is 11.2. The van der Waals surface area contributed by atoms with Crippen molar-refractivity contribution in [2.24, 2.45) is 0 Å². The molecule has 4 heteroatoms. The van der Waals surface area contributed by atoms with Crippen LogP contribution in [0.4, 0.5) is 0 Å². The van der Waals surface area contributed by atoms with Gasteiger partial charge in [0.15, 0.2) is 6.29 Å². The van der Waals surface area contributed by atoms with E-state index in [1.54, 1.807) is 0 Å². The maximum Gasteiger partial charge on any atom is 0.220 e. The van der Waals surface area contributed by atoms with E-state index in [2.05, 4.69) is 5.32 Å². The minimum Gasteiger partial charge on any atom is -0.348 e. The lowest BCUT2D eigenvalue weighted by Crippen LogP contribution is -2.54. The highest BCUT2D eigenvalue weighted by molar-refractivity contribution is 5.77. The zero-order chi connectivity index (χ0) is 11.7. The number of ether oxygens (including phenoxy) is 2. The Kier molecular flexibility index (Phi) is 2.82. The molecule has 0 aromatic heterocycles. The van der Waals surface area contributed by atoms with E-state index in [-0.39, 0.29) is 24.3 Å². The molecule has 17 heavy (non-hydrogen) atoms. The molecule has 90 valence electrons. The Morgan fingerprint density at radius 3 is 2.88 bits per heavy atom. The first-order valence-corrected chi connectivity index (χ1v) is 5.94. The summed E-state index contributed by atoms with van der Waals surface area (Å²) in [4.78, 5) is 11.2. The minimum absolute atomic E-state index is 0.0104. The van der Waals surface area contributed by atoms with Crippen LogP contribution in [0.1, 0.15) is 24.7 Å². The predicted octanol–water partition coefficient (Wildman–Crippen LogP) is 1.38. The van der Waals surface area contributed by atoms with Crippen LogP contribution in [0.2, 0.25) is 0 Å². The Bertz CT molecular complexity index is 406. The predicted molar refractivity (Wildman–Crippen MR) is 61.2 cm³/mol. The zero-order valence-electron chi connectivity index (χ0n) is 9.46. The lowest BCUT2D eigenvalue weighted by Gasteiger charge is -2.39. The monoisotopic (exact) mass is 233 g/mol. The van der Waals surface area contributed by atoms with Crippen molar-refractivity contribution in [3.63, 3.8) is 0 Å². The van der Waals surface area contributed by atoms with Crippen molar-refractivity contribution in [3.8, 4) is 0 Å². The first kappa shape index (κ1) is 10.7. The molecule has 2 heterocycles. The molecule has 3 rings (SSSR count). The summed E-state index contributed by atoms with van der Waals surface area (Å²) in [6.45, 7) is 0.524. The number of hydrogen-bond donors (Lipinski definition) is 1. The molecule has 1 aromatic rings. The van der Waals surface area contributed by atoms with Gasteiger partial charge in [-0.25, -0.2) is 0 Å². The van der Waals surface area contributed by atoms with Crippen molar-refractivity contribution in [2.45, 2.75) is 31.3 Å². The third kappa shape index (κ3) is 2.18. The van der Waals surface area contributed by atoms with Gasteiger partial charge >= 0.3 is 0 Å². The van der Waals surface area contributed by atoms with Crippen molar-refractivity contribution in [1.82, 2.24) is 5.32 Å². The molecular weight excluding hydrogens is 218 g/mol.